The van der Waals surface area contributed by atoms with Crippen molar-refractivity contribution < 1.29 is 14.3 Å². The van der Waals surface area contributed by atoms with Crippen molar-refractivity contribution in [2.75, 3.05) is 13.1 Å². The Kier molecular flexibility index (Phi) is 11.9. The Bertz CT molecular complexity index is 315. The van der Waals surface area contributed by atoms with E-state index in [2.05, 4.69) is 6.92 Å². The molecule has 1 aliphatic rings. The van der Waals surface area contributed by atoms with Crippen LogP contribution in [0.5, 0.6) is 0 Å². The standard InChI is InChI=1S/C16H29NO3.C2H6/c1-4-5-6-7-8-9-10-17-12-14(11-15(17)18)16(19)20-13(2)3;1-2/h13-14H,4-12H2,1-3H3;1-2H3. The lowest BCUT2D eigenvalue weighted by Crippen LogP contribution is -2.28. The summed E-state index contributed by atoms with van der Waals surface area (Å²) >= 11 is 0. The predicted molar refractivity (Wildman–Crippen MR) is 90.6 cm³/mol. The molecule has 1 amide bonds. The molecular weight excluding hydrogens is 278 g/mol. The van der Waals surface area contributed by atoms with Gasteiger partial charge in [0.1, 0.15) is 0 Å². The normalized spacial score (nSPS) is 17.5. The van der Waals surface area contributed by atoms with Gasteiger partial charge in [0.15, 0.2) is 0 Å². The van der Waals surface area contributed by atoms with Crippen molar-refractivity contribution in [3.05, 3.63) is 0 Å². The second-order valence-corrected chi connectivity index (χ2v) is 5.99. The van der Waals surface area contributed by atoms with Gasteiger partial charge in [-0.3, -0.25) is 9.59 Å². The molecule has 22 heavy (non-hydrogen) atoms. The summed E-state index contributed by atoms with van der Waals surface area (Å²) in [4.78, 5) is 25.5. The van der Waals surface area contributed by atoms with Crippen LogP contribution in [0.25, 0.3) is 0 Å². The van der Waals surface area contributed by atoms with Crippen LogP contribution in [0.2, 0.25) is 0 Å². The fraction of sp³-hybridized carbons (Fsp3) is 0.889. The minimum atomic E-state index is -0.259. The van der Waals surface area contributed by atoms with Crippen molar-refractivity contribution in [1.29, 1.82) is 0 Å². The number of carbonyl (C=O) groups excluding carboxylic acids is 2. The number of esters is 1. The van der Waals surface area contributed by atoms with Gasteiger partial charge in [0, 0.05) is 19.5 Å². The number of likely N-dealkylation sites (tertiary alicyclic amines) is 1. The zero-order valence-electron chi connectivity index (χ0n) is 15.2. The molecule has 0 bridgehead atoms. The van der Waals surface area contributed by atoms with E-state index in [-0.39, 0.29) is 23.9 Å². The molecule has 1 heterocycles. The third-order valence-electron chi connectivity index (χ3n) is 3.68. The van der Waals surface area contributed by atoms with E-state index < -0.39 is 0 Å². The summed E-state index contributed by atoms with van der Waals surface area (Å²) in [6.07, 6.45) is 7.51. The summed E-state index contributed by atoms with van der Waals surface area (Å²) < 4.78 is 5.18. The van der Waals surface area contributed by atoms with Gasteiger partial charge in [0.05, 0.1) is 12.0 Å². The Morgan fingerprint density at radius 3 is 2.36 bits per heavy atom. The summed E-state index contributed by atoms with van der Waals surface area (Å²) in [5.41, 5.74) is 0. The third-order valence-corrected chi connectivity index (χ3v) is 3.68. The highest BCUT2D eigenvalue weighted by molar-refractivity contribution is 5.86. The Balaban J connectivity index is 0.00000211. The fourth-order valence-corrected chi connectivity index (χ4v) is 2.56. The molecule has 0 radical (unpaired) electrons. The quantitative estimate of drug-likeness (QED) is 0.474. The van der Waals surface area contributed by atoms with Gasteiger partial charge in [-0.2, -0.15) is 0 Å². The van der Waals surface area contributed by atoms with E-state index in [1.54, 1.807) is 0 Å². The largest absolute Gasteiger partial charge is 0.463 e. The van der Waals surface area contributed by atoms with Crippen LogP contribution in [0.1, 0.15) is 79.6 Å². The lowest BCUT2D eigenvalue weighted by molar-refractivity contribution is -0.152. The highest BCUT2D eigenvalue weighted by Crippen LogP contribution is 2.20. The zero-order valence-corrected chi connectivity index (χ0v) is 15.2. The number of unbranched alkanes of at least 4 members (excludes halogenated alkanes) is 5. The van der Waals surface area contributed by atoms with Gasteiger partial charge in [-0.15, -0.1) is 0 Å². The van der Waals surface area contributed by atoms with Gasteiger partial charge in [-0.25, -0.2) is 0 Å². The molecule has 0 saturated carbocycles. The third kappa shape index (κ3) is 8.40. The van der Waals surface area contributed by atoms with Crippen molar-refractivity contribution in [2.24, 2.45) is 5.92 Å². The van der Waals surface area contributed by atoms with Crippen molar-refractivity contribution in [3.63, 3.8) is 0 Å². The van der Waals surface area contributed by atoms with E-state index in [9.17, 15) is 9.59 Å². The summed E-state index contributed by atoms with van der Waals surface area (Å²) in [6.45, 7) is 11.2. The van der Waals surface area contributed by atoms with Crippen LogP contribution in [0, 0.1) is 5.92 Å². The topological polar surface area (TPSA) is 46.6 Å². The van der Waals surface area contributed by atoms with Crippen molar-refractivity contribution in [3.8, 4) is 0 Å². The molecule has 1 rings (SSSR count). The van der Waals surface area contributed by atoms with Crippen molar-refractivity contribution in [2.45, 2.75) is 85.7 Å². The van der Waals surface area contributed by atoms with E-state index in [1.807, 2.05) is 32.6 Å². The van der Waals surface area contributed by atoms with E-state index >= 15 is 0 Å². The second kappa shape index (κ2) is 12.5. The average molecular weight is 313 g/mol. The van der Waals surface area contributed by atoms with E-state index in [0.717, 1.165) is 13.0 Å². The predicted octanol–water partition coefficient (Wildman–Crippen LogP) is 4.17. The van der Waals surface area contributed by atoms with Gasteiger partial charge < -0.3 is 9.64 Å². The molecule has 1 atom stereocenters. The smallest absolute Gasteiger partial charge is 0.311 e. The van der Waals surface area contributed by atoms with Gasteiger partial charge in [0.25, 0.3) is 0 Å². The molecule has 4 heteroatoms. The summed E-state index contributed by atoms with van der Waals surface area (Å²) in [5.74, 6) is -0.381. The molecule has 0 N–H and O–H groups in total. The highest BCUT2D eigenvalue weighted by Gasteiger charge is 2.35. The Morgan fingerprint density at radius 2 is 1.77 bits per heavy atom. The van der Waals surface area contributed by atoms with Crippen LogP contribution in [-0.2, 0) is 14.3 Å². The number of nitrogens with zero attached hydrogens (tertiary/aromatic N) is 1. The average Bonchev–Trinajstić information content (AvgIpc) is 2.86. The summed E-state index contributed by atoms with van der Waals surface area (Å²) in [7, 11) is 0. The Labute approximate surface area is 136 Å². The maximum Gasteiger partial charge on any atom is 0.311 e. The maximum atomic E-state index is 11.9. The maximum absolute atomic E-state index is 11.9. The van der Waals surface area contributed by atoms with Crippen molar-refractivity contribution >= 4 is 11.9 Å². The van der Waals surface area contributed by atoms with Crippen molar-refractivity contribution in [1.82, 2.24) is 4.90 Å². The molecule has 130 valence electrons. The first-order valence-electron chi connectivity index (χ1n) is 9.02. The molecule has 0 aromatic heterocycles. The number of carbonyl (C=O) groups is 2. The molecule has 1 fully saturated rings. The van der Waals surface area contributed by atoms with Crippen LogP contribution in [0.3, 0.4) is 0 Å². The second-order valence-electron chi connectivity index (χ2n) is 5.99. The molecular formula is C18H35NO3. The van der Waals surface area contributed by atoms with Crippen LogP contribution in [0.15, 0.2) is 0 Å². The molecule has 0 aromatic rings. The van der Waals surface area contributed by atoms with E-state index in [4.69, 9.17) is 4.74 Å². The van der Waals surface area contributed by atoms with Crippen LogP contribution < -0.4 is 0 Å². The van der Waals surface area contributed by atoms with Crippen LogP contribution in [0.4, 0.5) is 0 Å². The molecule has 1 aliphatic heterocycles. The minimum absolute atomic E-state index is 0.101. The van der Waals surface area contributed by atoms with Gasteiger partial charge in [-0.1, -0.05) is 52.9 Å². The van der Waals surface area contributed by atoms with Gasteiger partial charge in [-0.05, 0) is 20.3 Å². The van der Waals surface area contributed by atoms with Gasteiger partial charge >= 0.3 is 5.97 Å². The number of rotatable bonds is 9. The summed E-state index contributed by atoms with van der Waals surface area (Å²) in [5, 5.41) is 0. The Hall–Kier alpha value is -1.06. The number of amides is 1. The van der Waals surface area contributed by atoms with E-state index in [0.29, 0.717) is 13.0 Å². The first-order chi connectivity index (χ1) is 10.5. The first-order valence-corrected chi connectivity index (χ1v) is 9.02. The molecule has 0 spiro atoms. The fourth-order valence-electron chi connectivity index (χ4n) is 2.56. The molecule has 0 aromatic carbocycles. The Morgan fingerprint density at radius 1 is 1.18 bits per heavy atom. The summed E-state index contributed by atoms with van der Waals surface area (Å²) in [6, 6.07) is 0. The molecule has 0 aliphatic carbocycles. The van der Waals surface area contributed by atoms with Crippen LogP contribution in [-0.4, -0.2) is 36.0 Å². The molecule has 1 unspecified atom stereocenters. The lowest BCUT2D eigenvalue weighted by Gasteiger charge is -2.16. The SMILES string of the molecule is CC.CCCCCCCCN1CC(C(=O)OC(C)C)CC1=O. The lowest BCUT2D eigenvalue weighted by atomic mass is 10.1. The zero-order chi connectivity index (χ0) is 17.0. The monoisotopic (exact) mass is 313 g/mol. The first kappa shape index (κ1) is 20.9. The van der Waals surface area contributed by atoms with Crippen LogP contribution >= 0.6 is 0 Å². The molecule has 4 nitrogen and oxygen atoms in total. The number of ether oxygens (including phenoxy) is 1. The molecule has 1 saturated heterocycles. The number of hydrogen-bond acceptors (Lipinski definition) is 3. The van der Waals surface area contributed by atoms with E-state index in [1.165, 1.54) is 32.1 Å². The number of hydrogen-bond donors (Lipinski definition) is 0. The minimum Gasteiger partial charge on any atom is -0.463 e. The van der Waals surface area contributed by atoms with Gasteiger partial charge in [0.2, 0.25) is 5.91 Å². The highest BCUT2D eigenvalue weighted by atomic mass is 16.5.